The summed E-state index contributed by atoms with van der Waals surface area (Å²) >= 11 is 0. The van der Waals surface area contributed by atoms with Gasteiger partial charge in [-0.1, -0.05) is 12.1 Å². The molecule has 2 rings (SSSR count). The predicted molar refractivity (Wildman–Crippen MR) is 126 cm³/mol. The van der Waals surface area contributed by atoms with Gasteiger partial charge in [-0.2, -0.15) is 0 Å². The molecular weight excluding hydrogens is 408 g/mol. The number of guanidine groups is 1. The fourth-order valence-corrected chi connectivity index (χ4v) is 2.87. The molecule has 0 heterocycles. The lowest BCUT2D eigenvalue weighted by molar-refractivity contribution is 0.0954. The first-order valence-corrected chi connectivity index (χ1v) is 10.8. The van der Waals surface area contributed by atoms with Crippen molar-refractivity contribution in [1.29, 1.82) is 0 Å². The summed E-state index contributed by atoms with van der Waals surface area (Å²) in [6.07, 6.45) is -0.626. The van der Waals surface area contributed by atoms with Gasteiger partial charge < -0.3 is 30.5 Å². The van der Waals surface area contributed by atoms with Crippen LogP contribution < -0.4 is 25.4 Å². The molecule has 0 aliphatic rings. The Balaban J connectivity index is 1.80. The van der Waals surface area contributed by atoms with Gasteiger partial charge in [-0.3, -0.25) is 9.79 Å². The molecule has 0 bridgehead atoms. The number of hydrogen-bond acceptors (Lipinski definition) is 5. The van der Waals surface area contributed by atoms with Gasteiger partial charge >= 0.3 is 0 Å². The van der Waals surface area contributed by atoms with Gasteiger partial charge in [-0.15, -0.1) is 0 Å². The summed E-state index contributed by atoms with van der Waals surface area (Å²) in [4.78, 5) is 16.6. The zero-order valence-electron chi connectivity index (χ0n) is 19.2. The second kappa shape index (κ2) is 13.2. The van der Waals surface area contributed by atoms with Gasteiger partial charge in [-0.05, 0) is 62.7 Å². The molecule has 2 aromatic carbocycles. The molecule has 4 N–H and O–H groups in total. The normalized spacial score (nSPS) is 12.2. The maximum Gasteiger partial charge on any atom is 0.251 e. The number of amides is 1. The number of aliphatic hydroxyl groups excluding tert-OH is 1. The third-order valence-electron chi connectivity index (χ3n) is 4.46. The van der Waals surface area contributed by atoms with E-state index in [9.17, 15) is 9.90 Å². The number of carbonyl (C=O) groups is 1. The highest BCUT2D eigenvalue weighted by atomic mass is 16.5. The number of benzene rings is 2. The molecule has 8 heteroatoms. The van der Waals surface area contributed by atoms with Crippen LogP contribution in [0.3, 0.4) is 0 Å². The number of ether oxygens (including phenoxy) is 2. The van der Waals surface area contributed by atoms with Crippen molar-refractivity contribution >= 4 is 11.9 Å². The van der Waals surface area contributed by atoms with Crippen molar-refractivity contribution in [1.82, 2.24) is 16.0 Å². The molecule has 8 nitrogen and oxygen atoms in total. The molecule has 0 aromatic heterocycles. The molecule has 174 valence electrons. The Morgan fingerprint density at radius 1 is 0.969 bits per heavy atom. The number of carbonyl (C=O) groups excluding carboxylic acids is 1. The molecule has 0 spiro atoms. The molecule has 1 atom stereocenters. The zero-order chi connectivity index (χ0) is 23.3. The monoisotopic (exact) mass is 442 g/mol. The lowest BCUT2D eigenvalue weighted by Crippen LogP contribution is -2.41. The van der Waals surface area contributed by atoms with Crippen molar-refractivity contribution in [3.63, 3.8) is 0 Å². The van der Waals surface area contributed by atoms with Crippen LogP contribution in [0.5, 0.6) is 11.5 Å². The van der Waals surface area contributed by atoms with Gasteiger partial charge in [0.25, 0.3) is 5.91 Å². The lowest BCUT2D eigenvalue weighted by Gasteiger charge is -2.14. The van der Waals surface area contributed by atoms with Crippen LogP contribution in [0.4, 0.5) is 0 Å². The second-order valence-corrected chi connectivity index (χ2v) is 7.38. The van der Waals surface area contributed by atoms with Crippen molar-refractivity contribution < 1.29 is 19.4 Å². The van der Waals surface area contributed by atoms with Gasteiger partial charge in [0.1, 0.15) is 11.5 Å². The Labute approximate surface area is 190 Å². The van der Waals surface area contributed by atoms with Crippen LogP contribution in [0.2, 0.25) is 0 Å². The Morgan fingerprint density at radius 3 is 2.19 bits per heavy atom. The maximum atomic E-state index is 12.2. The van der Waals surface area contributed by atoms with Gasteiger partial charge in [0.2, 0.25) is 0 Å². The third-order valence-corrected chi connectivity index (χ3v) is 4.46. The first-order valence-electron chi connectivity index (χ1n) is 10.8. The number of nitrogens with one attached hydrogen (secondary N) is 3. The summed E-state index contributed by atoms with van der Waals surface area (Å²) in [6.45, 7) is 7.71. The van der Waals surface area contributed by atoms with E-state index < -0.39 is 6.10 Å². The third kappa shape index (κ3) is 8.47. The molecule has 0 radical (unpaired) electrons. The Morgan fingerprint density at radius 2 is 1.59 bits per heavy atom. The summed E-state index contributed by atoms with van der Waals surface area (Å²) < 4.78 is 10.7. The van der Waals surface area contributed by atoms with E-state index in [0.29, 0.717) is 36.9 Å². The van der Waals surface area contributed by atoms with Gasteiger partial charge in [0.05, 0.1) is 25.9 Å². The van der Waals surface area contributed by atoms with Crippen molar-refractivity contribution in [2.45, 2.75) is 33.0 Å². The van der Waals surface area contributed by atoms with Crippen molar-refractivity contribution in [3.05, 3.63) is 59.7 Å². The van der Waals surface area contributed by atoms with E-state index in [1.807, 2.05) is 45.0 Å². The fraction of sp³-hybridized carbons (Fsp3) is 0.417. The quantitative estimate of drug-likeness (QED) is 0.242. The van der Waals surface area contributed by atoms with Gasteiger partial charge in [0.15, 0.2) is 5.96 Å². The number of rotatable bonds is 11. The van der Waals surface area contributed by atoms with E-state index in [-0.39, 0.29) is 18.6 Å². The summed E-state index contributed by atoms with van der Waals surface area (Å²) in [5, 5.41) is 19.6. The van der Waals surface area contributed by atoms with Crippen LogP contribution >= 0.6 is 0 Å². The molecule has 0 aliphatic carbocycles. The average molecular weight is 443 g/mol. The number of methoxy groups -OCH3 is 1. The van der Waals surface area contributed by atoms with E-state index in [0.717, 1.165) is 11.3 Å². The van der Waals surface area contributed by atoms with Crippen LogP contribution in [0, 0.1) is 0 Å². The first kappa shape index (κ1) is 25.0. The van der Waals surface area contributed by atoms with Crippen molar-refractivity contribution in [2.75, 3.05) is 33.3 Å². The van der Waals surface area contributed by atoms with Crippen LogP contribution in [0.15, 0.2) is 53.5 Å². The van der Waals surface area contributed by atoms with E-state index in [1.54, 1.807) is 31.4 Å². The molecule has 32 heavy (non-hydrogen) atoms. The molecular formula is C24H34N4O4. The van der Waals surface area contributed by atoms with Crippen molar-refractivity contribution in [3.8, 4) is 11.5 Å². The molecule has 2 aromatic rings. The zero-order valence-corrected chi connectivity index (χ0v) is 19.2. The van der Waals surface area contributed by atoms with E-state index in [1.165, 1.54) is 0 Å². The van der Waals surface area contributed by atoms with E-state index in [4.69, 9.17) is 9.47 Å². The molecule has 0 aliphatic heterocycles. The topological polar surface area (TPSA) is 104 Å². The SMILES string of the molecule is CCNC(=NCC(O)c1ccc(OC(C)C)cc1)NCCNC(=O)c1ccc(OC)cc1. The standard InChI is InChI=1S/C24H34N4O4/c1-5-25-24(27-15-14-26-23(30)19-8-10-20(31-4)11-9-19)28-16-22(29)18-6-12-21(13-7-18)32-17(2)3/h6-13,17,22,29H,5,14-16H2,1-4H3,(H,26,30)(H2,25,27,28). The van der Waals surface area contributed by atoms with Crippen LogP contribution in [-0.2, 0) is 0 Å². The minimum Gasteiger partial charge on any atom is -0.497 e. The molecule has 0 fully saturated rings. The summed E-state index contributed by atoms with van der Waals surface area (Å²) in [5.41, 5.74) is 1.34. The first-order chi connectivity index (χ1) is 15.4. The van der Waals surface area contributed by atoms with Crippen LogP contribution in [0.25, 0.3) is 0 Å². The number of nitrogens with zero attached hydrogens (tertiary/aromatic N) is 1. The molecule has 0 saturated carbocycles. The number of hydrogen-bond donors (Lipinski definition) is 4. The lowest BCUT2D eigenvalue weighted by atomic mass is 10.1. The molecule has 0 saturated heterocycles. The summed E-state index contributed by atoms with van der Waals surface area (Å²) in [7, 11) is 1.59. The Bertz CT molecular complexity index is 851. The van der Waals surface area contributed by atoms with Gasteiger partial charge in [0, 0.05) is 25.2 Å². The second-order valence-electron chi connectivity index (χ2n) is 7.38. The Kier molecular flexibility index (Phi) is 10.3. The average Bonchev–Trinajstić information content (AvgIpc) is 2.80. The highest BCUT2D eigenvalue weighted by molar-refractivity contribution is 5.94. The van der Waals surface area contributed by atoms with E-state index in [2.05, 4.69) is 20.9 Å². The largest absolute Gasteiger partial charge is 0.497 e. The van der Waals surface area contributed by atoms with Gasteiger partial charge in [-0.25, -0.2) is 0 Å². The Hall–Kier alpha value is -3.26. The number of aliphatic hydroxyl groups is 1. The maximum absolute atomic E-state index is 12.2. The highest BCUT2D eigenvalue weighted by Gasteiger charge is 2.09. The molecule has 1 amide bonds. The van der Waals surface area contributed by atoms with Crippen LogP contribution in [0.1, 0.15) is 42.8 Å². The van der Waals surface area contributed by atoms with E-state index >= 15 is 0 Å². The van der Waals surface area contributed by atoms with Crippen molar-refractivity contribution in [2.24, 2.45) is 4.99 Å². The summed E-state index contributed by atoms with van der Waals surface area (Å²) in [5.74, 6) is 1.89. The minimum atomic E-state index is -0.728. The number of aliphatic imine (C=N–C) groups is 1. The predicted octanol–water partition coefficient (Wildman–Crippen LogP) is 2.50. The highest BCUT2D eigenvalue weighted by Crippen LogP contribution is 2.19. The summed E-state index contributed by atoms with van der Waals surface area (Å²) in [6, 6.07) is 14.3. The minimum absolute atomic E-state index is 0.102. The smallest absolute Gasteiger partial charge is 0.251 e. The van der Waals surface area contributed by atoms with Crippen LogP contribution in [-0.4, -0.2) is 56.4 Å². The molecule has 1 unspecified atom stereocenters. The fourth-order valence-electron chi connectivity index (χ4n) is 2.87.